The molecule has 3 heterocycles. The summed E-state index contributed by atoms with van der Waals surface area (Å²) in [5, 5.41) is 1.85. The van der Waals surface area contributed by atoms with Gasteiger partial charge in [-0.25, -0.2) is 4.98 Å². The van der Waals surface area contributed by atoms with Gasteiger partial charge in [-0.3, -0.25) is 9.59 Å². The number of carbonyl (C=O) groups excluding carboxylic acids is 2. The molecule has 6 nitrogen and oxygen atoms in total. The van der Waals surface area contributed by atoms with Crippen molar-refractivity contribution in [1.29, 1.82) is 0 Å². The molecule has 1 aromatic heterocycles. The van der Waals surface area contributed by atoms with Crippen LogP contribution in [0.3, 0.4) is 0 Å². The van der Waals surface area contributed by atoms with Gasteiger partial charge in [0.1, 0.15) is 10.0 Å². The zero-order valence-corrected chi connectivity index (χ0v) is 16.2. The molecule has 3 rings (SSSR count). The molecule has 0 radical (unpaired) electrons. The Labute approximate surface area is 156 Å². The molecular weight excluding hydrogens is 358 g/mol. The van der Waals surface area contributed by atoms with Gasteiger partial charge in [0.05, 0.1) is 13.2 Å². The largest absolute Gasteiger partial charge is 0.378 e. The first kappa shape index (κ1) is 18.7. The maximum Gasteiger partial charge on any atom is 0.273 e. The number of piperidine rings is 1. The fraction of sp³-hybridized carbons (Fsp3) is 0.706. The van der Waals surface area contributed by atoms with E-state index < -0.39 is 0 Å². The third-order valence-electron chi connectivity index (χ3n) is 4.81. The van der Waals surface area contributed by atoms with Crippen molar-refractivity contribution in [3.05, 3.63) is 11.1 Å². The summed E-state index contributed by atoms with van der Waals surface area (Å²) in [6.45, 7) is 4.22. The van der Waals surface area contributed by atoms with E-state index in [2.05, 4.69) is 4.98 Å². The van der Waals surface area contributed by atoms with Crippen LogP contribution in [-0.4, -0.2) is 72.2 Å². The Morgan fingerprint density at radius 3 is 2.84 bits per heavy atom. The van der Waals surface area contributed by atoms with Crippen LogP contribution in [-0.2, 0) is 9.53 Å². The summed E-state index contributed by atoms with van der Waals surface area (Å²) in [4.78, 5) is 33.1. The van der Waals surface area contributed by atoms with Crippen molar-refractivity contribution in [2.45, 2.75) is 30.0 Å². The van der Waals surface area contributed by atoms with Gasteiger partial charge in [-0.1, -0.05) is 11.8 Å². The lowest BCUT2D eigenvalue weighted by Crippen LogP contribution is -2.42. The zero-order valence-electron chi connectivity index (χ0n) is 14.6. The third-order valence-corrected chi connectivity index (χ3v) is 6.68. The first-order valence-corrected chi connectivity index (χ1v) is 10.9. The topological polar surface area (TPSA) is 62.7 Å². The Morgan fingerprint density at radius 1 is 1.32 bits per heavy atom. The van der Waals surface area contributed by atoms with E-state index in [4.69, 9.17) is 4.74 Å². The van der Waals surface area contributed by atoms with Gasteiger partial charge < -0.3 is 14.5 Å². The molecule has 25 heavy (non-hydrogen) atoms. The highest BCUT2D eigenvalue weighted by Crippen LogP contribution is 2.25. The average Bonchev–Trinajstić information content (AvgIpc) is 3.15. The number of carbonyl (C=O) groups is 2. The summed E-state index contributed by atoms with van der Waals surface area (Å²) in [5.41, 5.74) is 0.555. The van der Waals surface area contributed by atoms with Gasteiger partial charge in [0.25, 0.3) is 5.91 Å². The number of thioether (sulfide) groups is 1. The standard InChI is InChI=1S/C17H25N3O3S2/c1-24-17-18-14(12-25-17)16(22)20-6-2-3-13(11-20)4-5-15(21)19-7-9-23-10-8-19/h12-13H,2-11H2,1H3/t13-/m1/s1. The molecule has 0 N–H and O–H groups in total. The van der Waals surface area contributed by atoms with Crippen LogP contribution in [0.15, 0.2) is 9.72 Å². The van der Waals surface area contributed by atoms with E-state index in [9.17, 15) is 9.59 Å². The zero-order chi connectivity index (χ0) is 17.6. The Hall–Kier alpha value is -1.12. The SMILES string of the molecule is CSc1nc(C(=O)N2CCC[C@H](CCC(=O)N3CCOCC3)C2)cs1. The van der Waals surface area contributed by atoms with Gasteiger partial charge in [-0.2, -0.15) is 0 Å². The minimum Gasteiger partial charge on any atom is -0.378 e. The molecule has 0 saturated carbocycles. The van der Waals surface area contributed by atoms with Gasteiger partial charge in [-0.15, -0.1) is 11.3 Å². The molecular formula is C17H25N3O3S2. The van der Waals surface area contributed by atoms with Gasteiger partial charge in [0.2, 0.25) is 5.91 Å². The van der Waals surface area contributed by atoms with E-state index in [1.165, 1.54) is 11.3 Å². The summed E-state index contributed by atoms with van der Waals surface area (Å²) < 4.78 is 6.22. The smallest absolute Gasteiger partial charge is 0.273 e. The normalized spacial score (nSPS) is 21.4. The Bertz CT molecular complexity index is 602. The molecule has 0 spiro atoms. The predicted molar refractivity (Wildman–Crippen MR) is 99.2 cm³/mol. The number of likely N-dealkylation sites (tertiary alicyclic amines) is 1. The number of hydrogen-bond acceptors (Lipinski definition) is 6. The van der Waals surface area contributed by atoms with Gasteiger partial charge in [0.15, 0.2) is 0 Å². The number of aromatic nitrogens is 1. The summed E-state index contributed by atoms with van der Waals surface area (Å²) in [6.07, 6.45) is 5.48. The highest BCUT2D eigenvalue weighted by molar-refractivity contribution is 8.00. The molecule has 2 saturated heterocycles. The van der Waals surface area contributed by atoms with Crippen molar-refractivity contribution in [2.24, 2.45) is 5.92 Å². The van der Waals surface area contributed by atoms with Crippen LogP contribution in [0.4, 0.5) is 0 Å². The van der Waals surface area contributed by atoms with Crippen molar-refractivity contribution in [2.75, 3.05) is 45.6 Å². The molecule has 0 bridgehead atoms. The summed E-state index contributed by atoms with van der Waals surface area (Å²) >= 11 is 3.08. The average molecular weight is 384 g/mol. The quantitative estimate of drug-likeness (QED) is 0.731. The van der Waals surface area contributed by atoms with Gasteiger partial charge in [0, 0.05) is 38.0 Å². The number of ether oxygens (including phenoxy) is 1. The third kappa shape index (κ3) is 4.95. The first-order valence-electron chi connectivity index (χ1n) is 8.81. The predicted octanol–water partition coefficient (Wildman–Crippen LogP) is 2.36. The van der Waals surface area contributed by atoms with Crippen molar-refractivity contribution in [3.63, 3.8) is 0 Å². The lowest BCUT2D eigenvalue weighted by Gasteiger charge is -2.33. The highest BCUT2D eigenvalue weighted by Gasteiger charge is 2.27. The summed E-state index contributed by atoms with van der Waals surface area (Å²) in [6, 6.07) is 0. The van der Waals surface area contributed by atoms with E-state index in [0.29, 0.717) is 44.3 Å². The van der Waals surface area contributed by atoms with Crippen molar-refractivity contribution < 1.29 is 14.3 Å². The molecule has 2 aliphatic heterocycles. The van der Waals surface area contributed by atoms with Crippen LogP contribution >= 0.6 is 23.1 Å². The van der Waals surface area contributed by atoms with Crippen LogP contribution < -0.4 is 0 Å². The van der Waals surface area contributed by atoms with E-state index >= 15 is 0 Å². The van der Waals surface area contributed by atoms with E-state index in [0.717, 1.165) is 36.7 Å². The van der Waals surface area contributed by atoms with Crippen molar-refractivity contribution in [1.82, 2.24) is 14.8 Å². The summed E-state index contributed by atoms with van der Waals surface area (Å²) in [5.74, 6) is 0.651. The number of rotatable bonds is 5. The molecule has 2 fully saturated rings. The molecule has 0 unspecified atom stereocenters. The second kappa shape index (κ2) is 9.00. The fourth-order valence-electron chi connectivity index (χ4n) is 3.39. The minimum absolute atomic E-state index is 0.0285. The van der Waals surface area contributed by atoms with Crippen LogP contribution in [0.2, 0.25) is 0 Å². The molecule has 2 aliphatic rings. The molecule has 1 atom stereocenters. The van der Waals surface area contributed by atoms with Gasteiger partial charge >= 0.3 is 0 Å². The van der Waals surface area contributed by atoms with Crippen LogP contribution in [0.25, 0.3) is 0 Å². The second-order valence-electron chi connectivity index (χ2n) is 6.49. The van der Waals surface area contributed by atoms with Crippen LogP contribution in [0, 0.1) is 5.92 Å². The van der Waals surface area contributed by atoms with Crippen molar-refractivity contribution in [3.8, 4) is 0 Å². The summed E-state index contributed by atoms with van der Waals surface area (Å²) in [7, 11) is 0. The Morgan fingerprint density at radius 2 is 2.12 bits per heavy atom. The van der Waals surface area contributed by atoms with E-state index in [1.807, 2.05) is 21.4 Å². The number of nitrogens with zero attached hydrogens (tertiary/aromatic N) is 3. The second-order valence-corrected chi connectivity index (χ2v) is 8.41. The maximum absolute atomic E-state index is 12.6. The Balaban J connectivity index is 1.48. The number of thiazole rings is 1. The fourth-order valence-corrected chi connectivity index (χ4v) is 4.63. The molecule has 2 amide bonds. The molecule has 8 heteroatoms. The van der Waals surface area contributed by atoms with Gasteiger partial charge in [-0.05, 0) is 31.4 Å². The number of amides is 2. The lowest BCUT2D eigenvalue weighted by atomic mass is 9.93. The first-order chi connectivity index (χ1) is 12.2. The molecule has 138 valence electrons. The maximum atomic E-state index is 12.6. The molecule has 0 aliphatic carbocycles. The van der Waals surface area contributed by atoms with E-state index in [-0.39, 0.29) is 11.8 Å². The highest BCUT2D eigenvalue weighted by atomic mass is 32.2. The van der Waals surface area contributed by atoms with Crippen LogP contribution in [0.5, 0.6) is 0 Å². The Kier molecular flexibility index (Phi) is 6.72. The molecule has 0 aromatic carbocycles. The van der Waals surface area contributed by atoms with Crippen molar-refractivity contribution >= 4 is 34.9 Å². The lowest BCUT2D eigenvalue weighted by molar-refractivity contribution is -0.135. The van der Waals surface area contributed by atoms with Crippen LogP contribution in [0.1, 0.15) is 36.2 Å². The van der Waals surface area contributed by atoms with E-state index in [1.54, 1.807) is 11.8 Å². The monoisotopic (exact) mass is 383 g/mol. The number of morpholine rings is 1. The number of hydrogen-bond donors (Lipinski definition) is 0. The minimum atomic E-state index is 0.0285. The molecule has 1 aromatic rings.